The summed E-state index contributed by atoms with van der Waals surface area (Å²) in [5.41, 5.74) is 0. The van der Waals surface area contributed by atoms with Gasteiger partial charge in [0.25, 0.3) is 0 Å². The van der Waals surface area contributed by atoms with Crippen molar-refractivity contribution in [3.63, 3.8) is 0 Å². The largest absolute Gasteiger partial charge is 0.458 e. The van der Waals surface area contributed by atoms with Crippen LogP contribution in [0.4, 0.5) is 4.39 Å². The van der Waals surface area contributed by atoms with Crippen LogP contribution in [0.25, 0.3) is 0 Å². The zero-order valence-electron chi connectivity index (χ0n) is 2.94. The molecule has 0 spiro atoms. The number of hydrogen-bond donors (Lipinski definition) is 0. The molecule has 0 saturated carbocycles. The van der Waals surface area contributed by atoms with E-state index >= 15 is 0 Å². The van der Waals surface area contributed by atoms with Crippen LogP contribution in [0.1, 0.15) is 0 Å². The highest BCUT2D eigenvalue weighted by molar-refractivity contribution is 4.83. The van der Waals surface area contributed by atoms with Crippen molar-refractivity contribution in [2.75, 3.05) is 0 Å². The van der Waals surface area contributed by atoms with E-state index in [1.807, 2.05) is 6.26 Å². The van der Waals surface area contributed by atoms with Gasteiger partial charge in [-0.3, -0.25) is 0 Å². The molecule has 0 bridgehead atoms. The van der Waals surface area contributed by atoms with Crippen LogP contribution in [0.15, 0.2) is 16.7 Å². The smallest absolute Gasteiger partial charge is 0.207 e. The molecule has 1 aromatic rings. The predicted octanol–water partition coefficient (Wildman–Crippen LogP) is 1.22. The molecule has 0 unspecified atom stereocenters. The first-order chi connectivity index (χ1) is 2.89. The van der Waals surface area contributed by atoms with Crippen molar-refractivity contribution in [1.29, 1.82) is 0 Å². The molecule has 31 valence electrons. The third-order valence-corrected chi connectivity index (χ3v) is 0.439. The van der Waals surface area contributed by atoms with Crippen molar-refractivity contribution in [3.8, 4) is 0 Å². The molecule has 1 heterocycles. The molecule has 1 aromatic heterocycles. The lowest BCUT2D eigenvalue weighted by Crippen LogP contribution is -1.50. The lowest BCUT2D eigenvalue weighted by molar-refractivity contribution is 0.522. The van der Waals surface area contributed by atoms with Crippen LogP contribution in [-0.4, -0.2) is 0 Å². The molecule has 1 rings (SSSR count). The van der Waals surface area contributed by atoms with Gasteiger partial charge in [-0.2, -0.15) is 0 Å². The Morgan fingerprint density at radius 3 is 2.83 bits per heavy atom. The van der Waals surface area contributed by atoms with E-state index in [1.165, 1.54) is 12.3 Å². The second kappa shape index (κ2) is 1.12. The maximum atomic E-state index is 11.5. The van der Waals surface area contributed by atoms with Crippen LogP contribution >= 0.6 is 0 Å². The van der Waals surface area contributed by atoms with Gasteiger partial charge in [0, 0.05) is 6.07 Å². The van der Waals surface area contributed by atoms with Gasteiger partial charge in [0.05, 0.1) is 6.26 Å². The third-order valence-electron chi connectivity index (χ3n) is 0.439. The first-order valence-electron chi connectivity index (χ1n) is 1.50. The molecule has 0 aliphatic carbocycles. The highest BCUT2D eigenvalue weighted by Gasteiger charge is 1.83. The second-order valence-corrected chi connectivity index (χ2v) is 0.871. The van der Waals surface area contributed by atoms with E-state index in [1.54, 1.807) is 0 Å². The fraction of sp³-hybridized carbons (Fsp3) is 0. The van der Waals surface area contributed by atoms with Crippen molar-refractivity contribution in [2.24, 2.45) is 0 Å². The quantitative estimate of drug-likeness (QED) is 0.461. The summed E-state index contributed by atoms with van der Waals surface area (Å²) in [5, 5.41) is 0. The Kier molecular flexibility index (Phi) is 0.638. The topological polar surface area (TPSA) is 13.1 Å². The van der Waals surface area contributed by atoms with Crippen LogP contribution in [0, 0.1) is 12.1 Å². The Morgan fingerprint density at radius 1 is 1.83 bits per heavy atom. The van der Waals surface area contributed by atoms with Crippen molar-refractivity contribution in [2.45, 2.75) is 0 Å². The molecule has 0 fully saturated rings. The van der Waals surface area contributed by atoms with Gasteiger partial charge in [0.1, 0.15) is 0 Å². The summed E-state index contributed by atoms with van der Waals surface area (Å²) in [7, 11) is 0. The average molecular weight is 85.1 g/mol. The summed E-state index contributed by atoms with van der Waals surface area (Å²) in [6, 6.07) is 1.19. The highest BCUT2D eigenvalue weighted by Crippen LogP contribution is 1.91. The molecule has 1 radical (unpaired) electrons. The van der Waals surface area contributed by atoms with E-state index in [4.69, 9.17) is 0 Å². The summed E-state index contributed by atoms with van der Waals surface area (Å²) < 4.78 is 15.7. The molecule has 1 nitrogen and oxygen atoms in total. The minimum Gasteiger partial charge on any atom is -0.458 e. The monoisotopic (exact) mass is 85.0 g/mol. The molecule has 0 atom stereocenters. The van der Waals surface area contributed by atoms with E-state index in [0.717, 1.165) is 0 Å². The average Bonchev–Trinajstić information content (AvgIpc) is 1.86. The normalized spacial score (nSPS) is 8.83. The number of rotatable bonds is 0. The number of furan rings is 1. The Labute approximate surface area is 34.4 Å². The maximum absolute atomic E-state index is 11.5. The maximum Gasteiger partial charge on any atom is 0.207 e. The summed E-state index contributed by atoms with van der Waals surface area (Å²) >= 11 is 0. The molecule has 0 aliphatic heterocycles. The van der Waals surface area contributed by atoms with Crippen LogP contribution in [0.5, 0.6) is 0 Å². The van der Waals surface area contributed by atoms with E-state index in [0.29, 0.717) is 0 Å². The van der Waals surface area contributed by atoms with Crippen molar-refractivity contribution in [3.05, 3.63) is 24.4 Å². The fourth-order valence-electron chi connectivity index (χ4n) is 0.218. The zero-order valence-corrected chi connectivity index (χ0v) is 2.94. The molecule has 0 aliphatic rings. The summed E-state index contributed by atoms with van der Waals surface area (Å²) in [6.45, 7) is 0. The summed E-state index contributed by atoms with van der Waals surface area (Å²) in [6.07, 6.45) is 3.19. The van der Waals surface area contributed by atoms with E-state index < -0.39 is 5.82 Å². The van der Waals surface area contributed by atoms with Crippen LogP contribution < -0.4 is 0 Å². The van der Waals surface area contributed by atoms with Gasteiger partial charge in [-0.1, -0.05) is 0 Å². The van der Waals surface area contributed by atoms with Crippen molar-refractivity contribution in [1.82, 2.24) is 0 Å². The predicted molar refractivity (Wildman–Crippen MR) is 17.5 cm³/mol. The molecule has 0 amide bonds. The molecular weight excluding hydrogens is 83.0 g/mol. The lowest BCUT2D eigenvalue weighted by atomic mass is 10.6. The number of hydrogen-bond acceptors (Lipinski definition) is 1. The molecule has 0 aromatic carbocycles. The standard InChI is InChI=1S/C4H2FO/c5-4-1-2-6-3-4/h1-2H. The third kappa shape index (κ3) is 0.407. The highest BCUT2D eigenvalue weighted by atomic mass is 19.1. The summed E-state index contributed by atoms with van der Waals surface area (Å²) in [4.78, 5) is 0. The van der Waals surface area contributed by atoms with Gasteiger partial charge >= 0.3 is 0 Å². The Hall–Kier alpha value is -0.790. The van der Waals surface area contributed by atoms with Crippen molar-refractivity contribution < 1.29 is 8.81 Å². The molecule has 0 N–H and O–H groups in total. The zero-order chi connectivity index (χ0) is 4.41. The molecule has 6 heavy (non-hydrogen) atoms. The SMILES string of the molecule is Fc1[c]occ1. The first kappa shape index (κ1) is 3.40. The fourth-order valence-corrected chi connectivity index (χ4v) is 0.218. The van der Waals surface area contributed by atoms with Crippen LogP contribution in [0.2, 0.25) is 0 Å². The molecular formula is C4H2FO. The van der Waals surface area contributed by atoms with Gasteiger partial charge in [0.15, 0.2) is 5.82 Å². The second-order valence-electron chi connectivity index (χ2n) is 0.871. The van der Waals surface area contributed by atoms with Gasteiger partial charge < -0.3 is 4.42 Å². The lowest BCUT2D eigenvalue weighted by Gasteiger charge is -1.56. The van der Waals surface area contributed by atoms with Crippen LogP contribution in [-0.2, 0) is 0 Å². The number of halogens is 1. The summed E-state index contributed by atoms with van der Waals surface area (Å²) in [5.74, 6) is -0.449. The van der Waals surface area contributed by atoms with Gasteiger partial charge in [-0.15, -0.1) is 0 Å². The van der Waals surface area contributed by atoms with E-state index in [2.05, 4.69) is 4.42 Å². The van der Waals surface area contributed by atoms with E-state index in [-0.39, 0.29) is 0 Å². The molecule has 2 heteroatoms. The molecule has 0 saturated heterocycles. The Morgan fingerprint density at radius 2 is 2.67 bits per heavy atom. The van der Waals surface area contributed by atoms with Crippen molar-refractivity contribution >= 4 is 0 Å². The minimum absolute atomic E-state index is 0.449. The first-order valence-corrected chi connectivity index (χ1v) is 1.50. The van der Waals surface area contributed by atoms with Gasteiger partial charge in [0.2, 0.25) is 6.26 Å². The van der Waals surface area contributed by atoms with E-state index in [9.17, 15) is 4.39 Å². The van der Waals surface area contributed by atoms with Gasteiger partial charge in [-0.25, -0.2) is 4.39 Å². The Bertz CT molecular complexity index is 111. The Balaban J connectivity index is 3.05. The van der Waals surface area contributed by atoms with Crippen LogP contribution in [0.3, 0.4) is 0 Å². The minimum atomic E-state index is -0.449. The van der Waals surface area contributed by atoms with Gasteiger partial charge in [-0.05, 0) is 0 Å².